The van der Waals surface area contributed by atoms with Gasteiger partial charge in [-0.3, -0.25) is 4.79 Å². The number of carboxylic acids is 1. The van der Waals surface area contributed by atoms with Crippen molar-refractivity contribution in [3.63, 3.8) is 0 Å². The third kappa shape index (κ3) is 4.54. The lowest BCUT2D eigenvalue weighted by molar-refractivity contribution is -0.151. The van der Waals surface area contributed by atoms with Crippen LogP contribution in [0.3, 0.4) is 0 Å². The molecule has 1 aromatic carbocycles. The number of carbonyl (C=O) groups is 2. The number of benzene rings is 1. The van der Waals surface area contributed by atoms with E-state index < -0.39 is 24.0 Å². The Bertz CT molecular complexity index is 796. The van der Waals surface area contributed by atoms with Crippen LogP contribution in [0.4, 0.5) is 4.39 Å². The Kier molecular flexibility index (Phi) is 5.43. The number of hydrogen-bond acceptors (Lipinski definition) is 5. The second-order valence-corrected chi connectivity index (χ2v) is 5.81. The molecule has 0 unspecified atom stereocenters. The topological polar surface area (TPSA) is 97.8 Å². The van der Waals surface area contributed by atoms with Crippen LogP contribution >= 0.6 is 0 Å². The summed E-state index contributed by atoms with van der Waals surface area (Å²) in [6, 6.07) is 9.05. The summed E-state index contributed by atoms with van der Waals surface area (Å²) in [4.78, 5) is 27.0. The smallest absolute Gasteiger partial charge is 0.332 e. The molecule has 0 bridgehead atoms. The number of rotatable bonds is 6. The molecule has 1 amide bonds. The van der Waals surface area contributed by atoms with Gasteiger partial charge >= 0.3 is 5.97 Å². The monoisotopic (exact) mass is 360 g/mol. The van der Waals surface area contributed by atoms with Gasteiger partial charge in [0.1, 0.15) is 17.7 Å². The Hall–Kier alpha value is -3.00. The predicted octanol–water partition coefficient (Wildman–Crippen LogP) is 2.26. The van der Waals surface area contributed by atoms with Crippen LogP contribution in [0.5, 0.6) is 11.6 Å². The Morgan fingerprint density at radius 3 is 2.73 bits per heavy atom. The van der Waals surface area contributed by atoms with Crippen LogP contribution < -0.4 is 10.1 Å². The quantitative estimate of drug-likeness (QED) is 0.820. The number of nitrogens with zero attached hydrogens (tertiary/aromatic N) is 1. The maximum atomic E-state index is 13.1. The molecule has 0 spiro atoms. The second-order valence-electron chi connectivity index (χ2n) is 5.81. The van der Waals surface area contributed by atoms with Gasteiger partial charge in [-0.1, -0.05) is 12.1 Å². The summed E-state index contributed by atoms with van der Waals surface area (Å²) in [5, 5.41) is 11.6. The zero-order valence-electron chi connectivity index (χ0n) is 13.7. The van der Waals surface area contributed by atoms with E-state index in [0.717, 1.165) is 5.56 Å². The Morgan fingerprint density at radius 1 is 1.27 bits per heavy atom. The van der Waals surface area contributed by atoms with E-state index in [1.54, 1.807) is 18.2 Å². The van der Waals surface area contributed by atoms with Crippen molar-refractivity contribution in [2.24, 2.45) is 0 Å². The fourth-order valence-electron chi connectivity index (χ4n) is 2.54. The normalized spacial score (nSPS) is 19.1. The first-order chi connectivity index (χ1) is 12.5. The van der Waals surface area contributed by atoms with Crippen LogP contribution in [0.1, 0.15) is 18.4 Å². The number of pyridine rings is 1. The predicted molar refractivity (Wildman–Crippen MR) is 88.1 cm³/mol. The van der Waals surface area contributed by atoms with Gasteiger partial charge in [-0.25, -0.2) is 14.2 Å². The third-order valence-corrected chi connectivity index (χ3v) is 3.87. The van der Waals surface area contributed by atoms with Gasteiger partial charge in [0.15, 0.2) is 6.10 Å². The number of ether oxygens (including phenoxy) is 2. The van der Waals surface area contributed by atoms with Gasteiger partial charge < -0.3 is 19.9 Å². The molecule has 2 N–H and O–H groups in total. The molecule has 8 heteroatoms. The number of aromatic nitrogens is 1. The number of nitrogens with one attached hydrogen (secondary N) is 1. The molecule has 2 heterocycles. The van der Waals surface area contributed by atoms with Crippen molar-refractivity contribution < 1.29 is 28.6 Å². The highest BCUT2D eigenvalue weighted by Gasteiger charge is 2.34. The first-order valence-corrected chi connectivity index (χ1v) is 8.05. The number of amides is 1. The molecule has 1 aliphatic rings. The van der Waals surface area contributed by atoms with Crippen LogP contribution in [-0.2, 0) is 20.9 Å². The maximum absolute atomic E-state index is 13.1. The zero-order valence-corrected chi connectivity index (χ0v) is 13.7. The number of hydrogen-bond donors (Lipinski definition) is 2. The van der Waals surface area contributed by atoms with E-state index in [-0.39, 0.29) is 12.5 Å². The molecule has 0 saturated carbocycles. The maximum Gasteiger partial charge on any atom is 0.332 e. The van der Waals surface area contributed by atoms with Crippen molar-refractivity contribution in [1.29, 1.82) is 0 Å². The largest absolute Gasteiger partial charge is 0.479 e. The highest BCUT2D eigenvalue weighted by Crippen LogP contribution is 2.21. The molecule has 0 radical (unpaired) electrons. The first kappa shape index (κ1) is 17.8. The second kappa shape index (κ2) is 7.92. The lowest BCUT2D eigenvalue weighted by atomic mass is 10.2. The van der Waals surface area contributed by atoms with E-state index in [1.165, 1.54) is 24.4 Å². The average Bonchev–Trinajstić information content (AvgIpc) is 3.11. The molecule has 1 saturated heterocycles. The van der Waals surface area contributed by atoms with Gasteiger partial charge in [0.2, 0.25) is 11.8 Å². The lowest BCUT2D eigenvalue weighted by Gasteiger charge is -2.12. The van der Waals surface area contributed by atoms with Gasteiger partial charge in [0.25, 0.3) is 0 Å². The summed E-state index contributed by atoms with van der Waals surface area (Å²) in [6.45, 7) is 0.226. The fourth-order valence-corrected chi connectivity index (χ4v) is 2.54. The standard InChI is InChI=1S/C18H17FN2O5/c19-12-2-1-3-13(8-12)25-16-7-4-11(9-20-16)10-21-17(22)14-5-6-15(26-14)18(23)24/h1-4,7-9,14-15H,5-6,10H2,(H,21,22)(H,23,24)/t14-,15+/m0/s1. The summed E-state index contributed by atoms with van der Waals surface area (Å²) < 4.78 is 23.8. The summed E-state index contributed by atoms with van der Waals surface area (Å²) in [7, 11) is 0. The summed E-state index contributed by atoms with van der Waals surface area (Å²) in [5.74, 6) is -1.17. The van der Waals surface area contributed by atoms with E-state index in [4.69, 9.17) is 14.6 Å². The van der Waals surface area contributed by atoms with Crippen molar-refractivity contribution >= 4 is 11.9 Å². The average molecular weight is 360 g/mol. The molecule has 26 heavy (non-hydrogen) atoms. The summed E-state index contributed by atoms with van der Waals surface area (Å²) in [6.07, 6.45) is 0.554. The van der Waals surface area contributed by atoms with Gasteiger partial charge in [-0.05, 0) is 30.5 Å². The van der Waals surface area contributed by atoms with E-state index in [9.17, 15) is 14.0 Å². The molecule has 136 valence electrons. The van der Waals surface area contributed by atoms with Gasteiger partial charge in [0.05, 0.1) is 0 Å². The minimum atomic E-state index is -1.06. The number of aliphatic carboxylic acids is 1. The van der Waals surface area contributed by atoms with E-state index in [0.29, 0.717) is 24.5 Å². The molecule has 2 atom stereocenters. The number of carbonyl (C=O) groups excluding carboxylic acids is 1. The molecule has 1 aromatic heterocycles. The van der Waals surface area contributed by atoms with Gasteiger partial charge in [-0.2, -0.15) is 0 Å². The van der Waals surface area contributed by atoms with E-state index in [1.807, 2.05) is 0 Å². The molecule has 7 nitrogen and oxygen atoms in total. The first-order valence-electron chi connectivity index (χ1n) is 8.05. The molecule has 1 fully saturated rings. The highest BCUT2D eigenvalue weighted by molar-refractivity contribution is 5.82. The third-order valence-electron chi connectivity index (χ3n) is 3.87. The number of carboxylic acid groups (broad SMARTS) is 1. The van der Waals surface area contributed by atoms with Gasteiger partial charge in [-0.15, -0.1) is 0 Å². The molecule has 2 aromatic rings. The van der Waals surface area contributed by atoms with Crippen LogP contribution in [0.15, 0.2) is 42.6 Å². The summed E-state index contributed by atoms with van der Waals surface area (Å²) >= 11 is 0. The van der Waals surface area contributed by atoms with Crippen molar-refractivity contribution in [3.05, 3.63) is 54.0 Å². The zero-order chi connectivity index (χ0) is 18.5. The fraction of sp³-hybridized carbons (Fsp3) is 0.278. The van der Waals surface area contributed by atoms with E-state index >= 15 is 0 Å². The Labute approximate surface area is 148 Å². The van der Waals surface area contributed by atoms with Crippen LogP contribution in [-0.4, -0.2) is 34.2 Å². The van der Waals surface area contributed by atoms with Crippen LogP contribution in [0, 0.1) is 5.82 Å². The van der Waals surface area contributed by atoms with Crippen LogP contribution in [0.2, 0.25) is 0 Å². The Morgan fingerprint density at radius 2 is 2.08 bits per heavy atom. The molecule has 3 rings (SSSR count). The van der Waals surface area contributed by atoms with Crippen molar-refractivity contribution in [2.75, 3.05) is 0 Å². The summed E-state index contributed by atoms with van der Waals surface area (Å²) in [5.41, 5.74) is 0.734. The van der Waals surface area contributed by atoms with Gasteiger partial charge in [0, 0.05) is 24.9 Å². The molecule has 1 aliphatic heterocycles. The van der Waals surface area contributed by atoms with Crippen LogP contribution in [0.25, 0.3) is 0 Å². The van der Waals surface area contributed by atoms with Crippen molar-refractivity contribution in [3.8, 4) is 11.6 Å². The minimum absolute atomic E-state index is 0.226. The minimum Gasteiger partial charge on any atom is -0.479 e. The Balaban J connectivity index is 1.50. The lowest BCUT2D eigenvalue weighted by Crippen LogP contribution is -2.35. The number of halogens is 1. The van der Waals surface area contributed by atoms with E-state index in [2.05, 4.69) is 10.3 Å². The van der Waals surface area contributed by atoms with Crippen molar-refractivity contribution in [2.45, 2.75) is 31.6 Å². The molecular weight excluding hydrogens is 343 g/mol. The SMILES string of the molecule is O=C(NCc1ccc(Oc2cccc(F)c2)nc1)[C@@H]1CC[C@H](C(=O)O)O1. The highest BCUT2D eigenvalue weighted by atomic mass is 19.1. The molecule has 0 aliphatic carbocycles. The van der Waals surface area contributed by atoms with Crippen molar-refractivity contribution in [1.82, 2.24) is 10.3 Å². The molecular formula is C18H17FN2O5.